The molecule has 2 aromatic heterocycles. The van der Waals surface area contributed by atoms with Gasteiger partial charge < -0.3 is 15.2 Å². The van der Waals surface area contributed by atoms with Crippen molar-refractivity contribution >= 4 is 11.9 Å². The summed E-state index contributed by atoms with van der Waals surface area (Å²) in [5.74, 6) is -0.730. The average molecular weight is 555 g/mol. The molecule has 0 spiro atoms. The number of H-pyrrole nitrogens is 1. The van der Waals surface area contributed by atoms with Crippen molar-refractivity contribution in [3.8, 4) is 5.69 Å². The second-order valence-electron chi connectivity index (χ2n) is 7.99. The van der Waals surface area contributed by atoms with Crippen LogP contribution in [0.4, 0.5) is 0 Å². The van der Waals surface area contributed by atoms with E-state index in [4.69, 9.17) is 15.0 Å². The minimum Gasteiger partial charge on any atom is -0.481 e. The number of carboxylic acids is 2. The van der Waals surface area contributed by atoms with E-state index in [-0.39, 0.29) is 17.1 Å². The number of aliphatic carboxylic acids is 2. The van der Waals surface area contributed by atoms with Crippen LogP contribution in [0.25, 0.3) is 5.69 Å². The maximum Gasteiger partial charge on any atom is 2.00 e. The normalized spacial score (nSPS) is 15.4. The zero-order valence-corrected chi connectivity index (χ0v) is 21.8. The van der Waals surface area contributed by atoms with E-state index in [0.717, 1.165) is 35.5 Å². The number of carbonyl (C=O) groups is 2. The van der Waals surface area contributed by atoms with Crippen LogP contribution in [0.3, 0.4) is 0 Å². The number of hydrogen-bond donors (Lipinski definition) is 4. The summed E-state index contributed by atoms with van der Waals surface area (Å²) >= 11 is 0. The molecule has 5 rings (SSSR count). The van der Waals surface area contributed by atoms with Gasteiger partial charge in [0.1, 0.15) is 6.04 Å². The van der Waals surface area contributed by atoms with Gasteiger partial charge in [0.05, 0.1) is 17.7 Å². The number of nitrogens with zero attached hydrogens (tertiary/aromatic N) is 3. The summed E-state index contributed by atoms with van der Waals surface area (Å²) < 4.78 is 1.82. The van der Waals surface area contributed by atoms with Crippen molar-refractivity contribution in [1.82, 2.24) is 25.1 Å². The van der Waals surface area contributed by atoms with Gasteiger partial charge in [0.25, 0.3) is 5.97 Å². The Balaban J connectivity index is 0.000000434. The number of aromatic amines is 1. The van der Waals surface area contributed by atoms with E-state index in [1.807, 2.05) is 99.0 Å². The van der Waals surface area contributed by atoms with Gasteiger partial charge in [0, 0.05) is 49.5 Å². The Morgan fingerprint density at radius 2 is 1.61 bits per heavy atom. The Hall–Kier alpha value is -2.94. The summed E-state index contributed by atoms with van der Waals surface area (Å²) in [6.45, 7) is 1.47. The van der Waals surface area contributed by atoms with Crippen molar-refractivity contribution in [3.05, 3.63) is 130 Å². The average Bonchev–Trinajstić information content (AvgIpc) is 3.71. The summed E-state index contributed by atoms with van der Waals surface area (Å²) in [5, 5.41) is 24.9. The van der Waals surface area contributed by atoms with Crippen molar-refractivity contribution in [2.75, 3.05) is 0 Å². The van der Waals surface area contributed by atoms with Crippen LogP contribution in [0.5, 0.6) is 0 Å². The van der Waals surface area contributed by atoms with Crippen LogP contribution in [0.1, 0.15) is 23.9 Å². The SMILES string of the molecule is CC(=O)O.O=C(O)[C@H](Cc1cnc[nH]1)NCc1cn(-c2ccccc2)nc1[C]1[CH][CH][CH][CH]1.[CH]1[CH][CH][CH][CH]1.[Fe+2]. The predicted molar refractivity (Wildman–Crippen MR) is 138 cm³/mol. The number of rotatable bonds is 8. The summed E-state index contributed by atoms with van der Waals surface area (Å²) in [7, 11) is 0. The third-order valence-electron chi connectivity index (χ3n) is 5.12. The first-order chi connectivity index (χ1) is 17.9. The van der Waals surface area contributed by atoms with Gasteiger partial charge >= 0.3 is 23.0 Å². The predicted octanol–water partition coefficient (Wildman–Crippen LogP) is 3.24. The Labute approximate surface area is 234 Å². The van der Waals surface area contributed by atoms with Crippen LogP contribution in [-0.4, -0.2) is 47.9 Å². The number of para-hydroxylation sites is 1. The molecule has 4 N–H and O–H groups in total. The van der Waals surface area contributed by atoms with E-state index in [9.17, 15) is 9.90 Å². The van der Waals surface area contributed by atoms with Gasteiger partial charge in [-0.2, -0.15) is 5.10 Å². The minimum atomic E-state index is -0.903. The fourth-order valence-electron chi connectivity index (χ4n) is 3.44. The van der Waals surface area contributed by atoms with E-state index in [1.54, 1.807) is 12.5 Å². The molecule has 0 saturated heterocycles. The van der Waals surface area contributed by atoms with Crippen LogP contribution in [0.2, 0.25) is 0 Å². The molecule has 196 valence electrons. The van der Waals surface area contributed by atoms with Crippen LogP contribution in [0, 0.1) is 63.7 Å². The van der Waals surface area contributed by atoms with Crippen LogP contribution < -0.4 is 5.32 Å². The monoisotopic (exact) mass is 555 g/mol. The molecule has 2 heterocycles. The number of hydrogen-bond acceptors (Lipinski definition) is 5. The number of imidazole rings is 1. The van der Waals surface area contributed by atoms with Gasteiger partial charge in [0.2, 0.25) is 0 Å². The molecule has 10 heteroatoms. The Kier molecular flexibility index (Phi) is 13.8. The molecule has 0 amide bonds. The molecule has 0 aliphatic heterocycles. The fourth-order valence-corrected chi connectivity index (χ4v) is 3.44. The first-order valence-electron chi connectivity index (χ1n) is 11.6. The Morgan fingerprint density at radius 1 is 1.00 bits per heavy atom. The van der Waals surface area contributed by atoms with Crippen molar-refractivity contribution in [2.24, 2.45) is 0 Å². The van der Waals surface area contributed by atoms with E-state index in [0.29, 0.717) is 13.0 Å². The van der Waals surface area contributed by atoms with Gasteiger partial charge in [-0.05, 0) is 69.9 Å². The van der Waals surface area contributed by atoms with Crippen LogP contribution in [-0.2, 0) is 39.6 Å². The van der Waals surface area contributed by atoms with Crippen LogP contribution in [0.15, 0.2) is 49.1 Å². The zero-order valence-electron chi connectivity index (χ0n) is 20.7. The quantitative estimate of drug-likeness (QED) is 0.314. The topological polar surface area (TPSA) is 133 Å². The van der Waals surface area contributed by atoms with Crippen LogP contribution >= 0.6 is 0 Å². The second-order valence-corrected chi connectivity index (χ2v) is 7.99. The second kappa shape index (κ2) is 16.8. The van der Waals surface area contributed by atoms with E-state index in [1.165, 1.54) is 0 Å². The van der Waals surface area contributed by atoms with Gasteiger partial charge in [-0.25, -0.2) is 9.67 Å². The fraction of sp³-hybridized carbons (Fsp3) is 0.143. The molecule has 0 bridgehead atoms. The minimum absolute atomic E-state index is 0. The third kappa shape index (κ3) is 10.4. The molecule has 3 aromatic rings. The zero-order chi connectivity index (χ0) is 26.5. The maximum atomic E-state index is 11.7. The molecule has 1 atom stereocenters. The van der Waals surface area contributed by atoms with E-state index < -0.39 is 18.0 Å². The molecular weight excluding hydrogens is 526 g/mol. The van der Waals surface area contributed by atoms with Gasteiger partial charge in [-0.3, -0.25) is 14.9 Å². The molecule has 10 radical (unpaired) electrons. The summed E-state index contributed by atoms with van der Waals surface area (Å²) in [5.41, 5.74) is 3.50. The van der Waals surface area contributed by atoms with Crippen molar-refractivity contribution in [3.63, 3.8) is 0 Å². The largest absolute Gasteiger partial charge is 2.00 e. The maximum absolute atomic E-state index is 11.7. The first kappa shape index (κ1) is 31.3. The molecule has 2 aliphatic rings. The number of carboxylic acid groups (broad SMARTS) is 2. The van der Waals surface area contributed by atoms with Crippen molar-refractivity contribution < 1.29 is 36.9 Å². The number of nitrogens with one attached hydrogen (secondary N) is 2. The van der Waals surface area contributed by atoms with Crippen molar-refractivity contribution in [2.45, 2.75) is 25.9 Å². The number of benzene rings is 1. The molecular formula is C28H29FeN5O4+2. The summed E-state index contributed by atoms with van der Waals surface area (Å²) in [6, 6.07) is 9.12. The van der Waals surface area contributed by atoms with E-state index >= 15 is 0 Å². The Morgan fingerprint density at radius 3 is 2.13 bits per heavy atom. The molecule has 2 fully saturated rings. The van der Waals surface area contributed by atoms with Gasteiger partial charge in [-0.1, -0.05) is 18.2 Å². The first-order valence-corrected chi connectivity index (χ1v) is 11.6. The molecule has 9 nitrogen and oxygen atoms in total. The summed E-state index contributed by atoms with van der Waals surface area (Å²) in [6.07, 6.45) is 23.4. The van der Waals surface area contributed by atoms with Crippen molar-refractivity contribution in [1.29, 1.82) is 0 Å². The summed E-state index contributed by atoms with van der Waals surface area (Å²) in [4.78, 5) is 27.6. The Bertz CT molecular complexity index is 1070. The number of aromatic nitrogens is 4. The molecule has 38 heavy (non-hydrogen) atoms. The van der Waals surface area contributed by atoms with Gasteiger partial charge in [-0.15, -0.1) is 0 Å². The standard InChI is InChI=1S/C21H20N5O2.C5H5.C2H4O2.Fe/c27-21(28)19(10-17-12-22-14-24-17)23-11-16-13-26(18-8-2-1-3-9-18)25-20(16)15-6-4-5-7-15;1-2-4-5-3-1;1-2(3)4;/h1-9,12-14,19,23H,10-11H2,(H,22,24)(H,27,28);1-5H;1H3,(H,3,4);/q;;;+2/t19-;;;/m0.../s1. The van der Waals surface area contributed by atoms with Gasteiger partial charge in [0.15, 0.2) is 0 Å². The molecule has 1 aromatic carbocycles. The molecule has 2 saturated carbocycles. The smallest absolute Gasteiger partial charge is 0.481 e. The molecule has 0 unspecified atom stereocenters. The van der Waals surface area contributed by atoms with E-state index in [2.05, 4.69) is 15.3 Å². The third-order valence-corrected chi connectivity index (χ3v) is 5.12. The molecule has 2 aliphatic carbocycles.